The van der Waals surface area contributed by atoms with Crippen molar-refractivity contribution in [1.82, 2.24) is 5.48 Å². The minimum absolute atomic E-state index is 0.0498. The van der Waals surface area contributed by atoms with E-state index in [-0.39, 0.29) is 11.0 Å². The lowest BCUT2D eigenvalue weighted by molar-refractivity contribution is -0.156. The Morgan fingerprint density at radius 2 is 1.93 bits per heavy atom. The average molecular weight is 197 g/mol. The van der Waals surface area contributed by atoms with E-state index < -0.39 is 11.3 Å². The van der Waals surface area contributed by atoms with Crippen LogP contribution in [-0.2, 0) is 9.53 Å². The standard InChI is InChI=1S/C8H17B2NO3/c1-6(2)4-7(6,3)14-5(12)8(9,10)11-13/h11,13H,4,9-10H2,1-3H3. The van der Waals surface area contributed by atoms with Crippen LogP contribution in [0.25, 0.3) is 0 Å². The summed E-state index contributed by atoms with van der Waals surface area (Å²) >= 11 is 0. The van der Waals surface area contributed by atoms with Crippen LogP contribution in [0.15, 0.2) is 0 Å². The lowest BCUT2D eigenvalue weighted by Gasteiger charge is -2.25. The number of nitrogens with one attached hydrogen (secondary N) is 1. The Kier molecular flexibility index (Phi) is 2.49. The molecular formula is C8H17B2NO3. The second-order valence-electron chi connectivity index (χ2n) is 5.42. The SMILES string of the molecule is BC(B)(NO)C(=O)OC1(C)CC1(C)C. The summed E-state index contributed by atoms with van der Waals surface area (Å²) in [5.41, 5.74) is 1.62. The van der Waals surface area contributed by atoms with Crippen molar-refractivity contribution in [3.63, 3.8) is 0 Å². The van der Waals surface area contributed by atoms with Crippen molar-refractivity contribution in [2.24, 2.45) is 5.41 Å². The van der Waals surface area contributed by atoms with Crippen molar-refractivity contribution in [1.29, 1.82) is 0 Å². The molecule has 0 spiro atoms. The first kappa shape index (κ1) is 11.6. The first-order valence-corrected chi connectivity index (χ1v) is 4.79. The van der Waals surface area contributed by atoms with Crippen molar-refractivity contribution in [2.75, 3.05) is 0 Å². The van der Waals surface area contributed by atoms with Crippen molar-refractivity contribution < 1.29 is 14.7 Å². The van der Waals surface area contributed by atoms with Crippen LogP contribution < -0.4 is 5.48 Å². The molecule has 0 bridgehead atoms. The molecule has 0 radical (unpaired) electrons. The zero-order valence-electron chi connectivity index (χ0n) is 9.47. The molecule has 1 fully saturated rings. The van der Waals surface area contributed by atoms with Gasteiger partial charge in [-0.1, -0.05) is 13.8 Å². The number of rotatable bonds is 3. The summed E-state index contributed by atoms with van der Waals surface area (Å²) in [6.45, 7) is 6.03. The topological polar surface area (TPSA) is 58.6 Å². The number of carbonyl (C=O) groups is 1. The van der Waals surface area contributed by atoms with Crippen LogP contribution in [0.3, 0.4) is 0 Å². The van der Waals surface area contributed by atoms with Crippen LogP contribution in [0.5, 0.6) is 0 Å². The third kappa shape index (κ3) is 1.81. The Bertz CT molecular complexity index is 267. The van der Waals surface area contributed by atoms with Gasteiger partial charge in [-0.15, -0.1) is 0 Å². The molecule has 0 aromatic rings. The van der Waals surface area contributed by atoms with Crippen LogP contribution in [0.2, 0.25) is 0 Å². The molecule has 78 valence electrons. The van der Waals surface area contributed by atoms with E-state index in [1.165, 1.54) is 0 Å². The average Bonchev–Trinajstić information content (AvgIpc) is 2.50. The number of ether oxygens (including phenoxy) is 1. The predicted octanol–water partition coefficient (Wildman–Crippen LogP) is -1.38. The smallest absolute Gasteiger partial charge is 0.312 e. The van der Waals surface area contributed by atoms with Gasteiger partial charge in [-0.2, -0.15) is 0 Å². The summed E-state index contributed by atoms with van der Waals surface area (Å²) in [4.78, 5) is 11.6. The zero-order valence-corrected chi connectivity index (χ0v) is 9.47. The second-order valence-corrected chi connectivity index (χ2v) is 5.42. The number of hydrogen-bond acceptors (Lipinski definition) is 4. The van der Waals surface area contributed by atoms with Crippen LogP contribution in [-0.4, -0.2) is 37.8 Å². The van der Waals surface area contributed by atoms with Gasteiger partial charge in [-0.25, -0.2) is 5.48 Å². The van der Waals surface area contributed by atoms with E-state index in [1.807, 2.05) is 12.4 Å². The molecule has 1 aliphatic rings. The van der Waals surface area contributed by atoms with Gasteiger partial charge < -0.3 is 9.94 Å². The largest absolute Gasteiger partial charge is 0.458 e. The van der Waals surface area contributed by atoms with E-state index in [1.54, 1.807) is 15.7 Å². The Labute approximate surface area is 86.2 Å². The molecule has 0 saturated heterocycles. The normalized spacial score (nSPS) is 29.7. The van der Waals surface area contributed by atoms with Gasteiger partial charge >= 0.3 is 5.97 Å². The molecule has 1 rings (SSSR count). The van der Waals surface area contributed by atoms with Gasteiger partial charge in [0.15, 0.2) is 0 Å². The van der Waals surface area contributed by atoms with Gasteiger partial charge in [0.25, 0.3) is 0 Å². The molecule has 6 heteroatoms. The molecule has 1 unspecified atom stereocenters. The summed E-state index contributed by atoms with van der Waals surface area (Å²) in [5, 5.41) is 7.72. The highest BCUT2D eigenvalue weighted by molar-refractivity contribution is 6.50. The summed E-state index contributed by atoms with van der Waals surface area (Å²) in [7, 11) is 3.15. The molecule has 0 aromatic heterocycles. The molecule has 1 aliphatic carbocycles. The van der Waals surface area contributed by atoms with Crippen molar-refractivity contribution >= 4 is 21.7 Å². The minimum atomic E-state index is -1.04. The summed E-state index contributed by atoms with van der Waals surface area (Å²) in [6, 6.07) is 0. The van der Waals surface area contributed by atoms with Gasteiger partial charge in [0.2, 0.25) is 0 Å². The molecule has 1 saturated carbocycles. The van der Waals surface area contributed by atoms with E-state index in [0.717, 1.165) is 6.42 Å². The van der Waals surface area contributed by atoms with Gasteiger partial charge in [-0.05, 0) is 13.3 Å². The first-order chi connectivity index (χ1) is 6.15. The van der Waals surface area contributed by atoms with E-state index in [0.29, 0.717) is 0 Å². The van der Waals surface area contributed by atoms with E-state index in [9.17, 15) is 4.79 Å². The molecule has 1 atom stereocenters. The van der Waals surface area contributed by atoms with Crippen LogP contribution in [0.1, 0.15) is 27.2 Å². The highest BCUT2D eigenvalue weighted by Crippen LogP contribution is 2.58. The Morgan fingerprint density at radius 3 is 2.21 bits per heavy atom. The Balaban J connectivity index is 2.60. The summed E-state index contributed by atoms with van der Waals surface area (Å²) < 4.78 is 5.36. The van der Waals surface area contributed by atoms with Crippen LogP contribution in [0, 0.1) is 5.41 Å². The van der Waals surface area contributed by atoms with E-state index in [2.05, 4.69) is 13.8 Å². The summed E-state index contributed by atoms with van der Waals surface area (Å²) in [5.74, 6) is -0.423. The maximum absolute atomic E-state index is 11.6. The lowest BCUT2D eigenvalue weighted by atomic mass is 9.62. The highest BCUT2D eigenvalue weighted by Gasteiger charge is 2.61. The molecule has 0 amide bonds. The van der Waals surface area contributed by atoms with Crippen molar-refractivity contribution in [3.8, 4) is 0 Å². The number of hydroxylamine groups is 1. The Hall–Kier alpha value is -0.480. The molecule has 4 nitrogen and oxygen atoms in total. The van der Waals surface area contributed by atoms with Crippen LogP contribution >= 0.6 is 0 Å². The van der Waals surface area contributed by atoms with Crippen molar-refractivity contribution in [3.05, 3.63) is 0 Å². The fourth-order valence-corrected chi connectivity index (χ4v) is 1.35. The minimum Gasteiger partial charge on any atom is -0.458 e. The second kappa shape index (κ2) is 3.00. The molecule has 14 heavy (non-hydrogen) atoms. The molecular weight excluding hydrogens is 180 g/mol. The monoisotopic (exact) mass is 197 g/mol. The molecule has 0 heterocycles. The van der Waals surface area contributed by atoms with E-state index in [4.69, 9.17) is 9.94 Å². The van der Waals surface area contributed by atoms with Gasteiger partial charge in [-0.3, -0.25) is 4.79 Å². The number of esters is 1. The predicted molar refractivity (Wildman–Crippen MR) is 57.6 cm³/mol. The third-order valence-corrected chi connectivity index (χ3v) is 3.19. The molecule has 0 aromatic carbocycles. The van der Waals surface area contributed by atoms with Gasteiger partial charge in [0, 0.05) is 5.41 Å². The number of hydrogen-bond donors (Lipinski definition) is 2. The van der Waals surface area contributed by atoms with Gasteiger partial charge in [0.05, 0.1) is 5.34 Å². The van der Waals surface area contributed by atoms with E-state index >= 15 is 0 Å². The third-order valence-electron chi connectivity index (χ3n) is 3.19. The fraction of sp³-hybridized carbons (Fsp3) is 0.875. The van der Waals surface area contributed by atoms with Gasteiger partial charge in [0.1, 0.15) is 21.3 Å². The van der Waals surface area contributed by atoms with Crippen molar-refractivity contribution in [2.45, 2.75) is 38.1 Å². The number of carbonyl (C=O) groups excluding carboxylic acids is 1. The quantitative estimate of drug-likeness (QED) is 0.332. The molecule has 0 aliphatic heterocycles. The summed E-state index contributed by atoms with van der Waals surface area (Å²) in [6.07, 6.45) is 0.868. The first-order valence-electron chi connectivity index (χ1n) is 4.79. The molecule has 2 N–H and O–H groups in total. The maximum Gasteiger partial charge on any atom is 0.312 e. The lowest BCUT2D eigenvalue weighted by Crippen LogP contribution is -2.54. The fourth-order valence-electron chi connectivity index (χ4n) is 1.35. The Morgan fingerprint density at radius 1 is 1.50 bits per heavy atom. The maximum atomic E-state index is 11.6. The zero-order chi connectivity index (χ0) is 11.2. The van der Waals surface area contributed by atoms with Crippen LogP contribution in [0.4, 0.5) is 0 Å². The highest BCUT2D eigenvalue weighted by atomic mass is 16.6.